The number of aromatic nitrogens is 1. The first-order chi connectivity index (χ1) is 10.0. The van der Waals surface area contributed by atoms with Crippen LogP contribution in [0.25, 0.3) is 0 Å². The smallest absolute Gasteiger partial charge is 0.123 e. The molecule has 2 aromatic rings. The lowest BCUT2D eigenvalue weighted by molar-refractivity contribution is 0.315. The highest BCUT2D eigenvalue weighted by atomic mass is 16.5. The van der Waals surface area contributed by atoms with E-state index in [9.17, 15) is 0 Å². The molecule has 0 spiro atoms. The Hall–Kier alpha value is -1.87. The van der Waals surface area contributed by atoms with Crippen LogP contribution in [0.3, 0.4) is 0 Å². The quantitative estimate of drug-likeness (QED) is 0.880. The second kappa shape index (κ2) is 7.23. The Morgan fingerprint density at radius 3 is 2.62 bits per heavy atom. The van der Waals surface area contributed by atoms with E-state index in [2.05, 4.69) is 43.2 Å². The summed E-state index contributed by atoms with van der Waals surface area (Å²) in [4.78, 5) is 4.12. The van der Waals surface area contributed by atoms with Crippen molar-refractivity contribution in [2.45, 2.75) is 39.3 Å². The zero-order valence-electron chi connectivity index (χ0n) is 13.1. The van der Waals surface area contributed by atoms with Crippen molar-refractivity contribution in [2.24, 2.45) is 0 Å². The third kappa shape index (κ3) is 5.56. The van der Waals surface area contributed by atoms with E-state index in [0.29, 0.717) is 6.61 Å². The van der Waals surface area contributed by atoms with Crippen LogP contribution in [-0.2, 0) is 13.0 Å². The number of nitrogens with one attached hydrogen (secondary N) is 1. The van der Waals surface area contributed by atoms with Gasteiger partial charge in [0.05, 0.1) is 6.61 Å². The van der Waals surface area contributed by atoms with Gasteiger partial charge in [-0.1, -0.05) is 24.3 Å². The summed E-state index contributed by atoms with van der Waals surface area (Å²) in [6, 6.07) is 12.2. The Morgan fingerprint density at radius 1 is 1.10 bits per heavy atom. The van der Waals surface area contributed by atoms with Crippen molar-refractivity contribution in [1.29, 1.82) is 0 Å². The highest BCUT2D eigenvalue weighted by molar-refractivity contribution is 5.33. The Labute approximate surface area is 127 Å². The van der Waals surface area contributed by atoms with Gasteiger partial charge in [-0.25, -0.2) is 0 Å². The summed E-state index contributed by atoms with van der Waals surface area (Å²) in [7, 11) is 0. The number of nitrogens with zero attached hydrogens (tertiary/aromatic N) is 1. The molecule has 0 fully saturated rings. The molecule has 0 bridgehead atoms. The predicted octanol–water partition coefficient (Wildman–Crippen LogP) is 3.59. The molecule has 0 aliphatic rings. The number of hydrogen-bond acceptors (Lipinski definition) is 3. The number of hydrogen-bond donors (Lipinski definition) is 1. The SMILES string of the molecule is CC(C)(C)NCc1ccccc1OCCc1cccnc1. The average molecular weight is 284 g/mol. The molecule has 0 unspecified atom stereocenters. The van der Waals surface area contributed by atoms with E-state index in [1.165, 1.54) is 11.1 Å². The molecule has 0 radical (unpaired) electrons. The summed E-state index contributed by atoms with van der Waals surface area (Å²) in [5.74, 6) is 0.957. The summed E-state index contributed by atoms with van der Waals surface area (Å²) in [6.45, 7) is 7.97. The molecule has 112 valence electrons. The van der Waals surface area contributed by atoms with Gasteiger partial charge < -0.3 is 10.1 Å². The first-order valence-electron chi connectivity index (χ1n) is 7.39. The number of benzene rings is 1. The standard InChI is InChI=1S/C18H24N2O/c1-18(2,3)20-14-16-8-4-5-9-17(16)21-12-10-15-7-6-11-19-13-15/h4-9,11,13,20H,10,12,14H2,1-3H3. The maximum Gasteiger partial charge on any atom is 0.123 e. The van der Waals surface area contributed by atoms with Crippen molar-refractivity contribution < 1.29 is 4.74 Å². The predicted molar refractivity (Wildman–Crippen MR) is 86.5 cm³/mol. The van der Waals surface area contributed by atoms with Crippen LogP contribution < -0.4 is 10.1 Å². The number of rotatable bonds is 6. The first kappa shape index (κ1) is 15.5. The van der Waals surface area contributed by atoms with Crippen molar-refractivity contribution in [3.63, 3.8) is 0 Å². The maximum atomic E-state index is 5.94. The number of pyridine rings is 1. The lowest BCUT2D eigenvalue weighted by Crippen LogP contribution is -2.35. The van der Waals surface area contributed by atoms with Crippen LogP contribution >= 0.6 is 0 Å². The Morgan fingerprint density at radius 2 is 1.90 bits per heavy atom. The molecule has 0 amide bonds. The van der Waals surface area contributed by atoms with Gasteiger partial charge in [-0.05, 0) is 38.5 Å². The Bertz CT molecular complexity index is 547. The molecule has 3 heteroatoms. The van der Waals surface area contributed by atoms with Crippen LogP contribution in [0.4, 0.5) is 0 Å². The van der Waals surface area contributed by atoms with Crippen molar-refractivity contribution in [2.75, 3.05) is 6.61 Å². The van der Waals surface area contributed by atoms with E-state index in [4.69, 9.17) is 4.74 Å². The van der Waals surface area contributed by atoms with Gasteiger partial charge in [0, 0.05) is 36.5 Å². The summed E-state index contributed by atoms with van der Waals surface area (Å²) in [5, 5.41) is 3.50. The second-order valence-corrected chi connectivity index (χ2v) is 6.17. The van der Waals surface area contributed by atoms with Crippen LogP contribution in [0.2, 0.25) is 0 Å². The average Bonchev–Trinajstić information content (AvgIpc) is 2.46. The molecule has 1 aromatic carbocycles. The zero-order valence-corrected chi connectivity index (χ0v) is 13.1. The van der Waals surface area contributed by atoms with Crippen molar-refractivity contribution in [1.82, 2.24) is 10.3 Å². The highest BCUT2D eigenvalue weighted by Crippen LogP contribution is 2.19. The Balaban J connectivity index is 1.90. The van der Waals surface area contributed by atoms with Gasteiger partial charge in [0.25, 0.3) is 0 Å². The second-order valence-electron chi connectivity index (χ2n) is 6.17. The summed E-state index contributed by atoms with van der Waals surface area (Å²) < 4.78 is 5.94. The van der Waals surface area contributed by atoms with Gasteiger partial charge >= 0.3 is 0 Å². The molecule has 0 aliphatic carbocycles. The van der Waals surface area contributed by atoms with Crippen LogP contribution in [-0.4, -0.2) is 17.1 Å². The molecule has 21 heavy (non-hydrogen) atoms. The first-order valence-corrected chi connectivity index (χ1v) is 7.39. The van der Waals surface area contributed by atoms with Crippen molar-refractivity contribution >= 4 is 0 Å². The highest BCUT2D eigenvalue weighted by Gasteiger charge is 2.10. The topological polar surface area (TPSA) is 34.1 Å². The van der Waals surface area contributed by atoms with E-state index < -0.39 is 0 Å². The van der Waals surface area contributed by atoms with Gasteiger partial charge in [-0.2, -0.15) is 0 Å². The van der Waals surface area contributed by atoms with Crippen LogP contribution in [0.5, 0.6) is 5.75 Å². The molecule has 0 saturated carbocycles. The molecule has 3 nitrogen and oxygen atoms in total. The van der Waals surface area contributed by atoms with E-state index in [0.717, 1.165) is 18.7 Å². The van der Waals surface area contributed by atoms with Crippen molar-refractivity contribution in [3.8, 4) is 5.75 Å². The molecule has 1 aromatic heterocycles. The lowest BCUT2D eigenvalue weighted by Gasteiger charge is -2.21. The fourth-order valence-corrected chi connectivity index (χ4v) is 1.98. The van der Waals surface area contributed by atoms with E-state index in [1.807, 2.05) is 30.5 Å². The molecular formula is C18H24N2O. The third-order valence-electron chi connectivity index (χ3n) is 3.15. The van der Waals surface area contributed by atoms with Crippen LogP contribution in [0.1, 0.15) is 31.9 Å². The summed E-state index contributed by atoms with van der Waals surface area (Å²) in [5.41, 5.74) is 2.49. The molecule has 2 rings (SSSR count). The van der Waals surface area contributed by atoms with E-state index in [1.54, 1.807) is 6.20 Å². The fourth-order valence-electron chi connectivity index (χ4n) is 1.98. The van der Waals surface area contributed by atoms with Gasteiger partial charge in [-0.3, -0.25) is 4.98 Å². The zero-order chi connectivity index (χ0) is 15.1. The van der Waals surface area contributed by atoms with E-state index in [-0.39, 0.29) is 5.54 Å². The maximum absolute atomic E-state index is 5.94. The summed E-state index contributed by atoms with van der Waals surface area (Å²) in [6.07, 6.45) is 4.54. The molecule has 1 N–H and O–H groups in total. The van der Waals surface area contributed by atoms with Gasteiger partial charge in [0.15, 0.2) is 0 Å². The van der Waals surface area contributed by atoms with Gasteiger partial charge in [0.1, 0.15) is 5.75 Å². The normalized spacial score (nSPS) is 11.4. The number of para-hydroxylation sites is 1. The minimum Gasteiger partial charge on any atom is -0.493 e. The van der Waals surface area contributed by atoms with Gasteiger partial charge in [0.2, 0.25) is 0 Å². The van der Waals surface area contributed by atoms with Crippen LogP contribution in [0, 0.1) is 0 Å². The minimum atomic E-state index is 0.100. The van der Waals surface area contributed by atoms with Crippen molar-refractivity contribution in [3.05, 3.63) is 59.9 Å². The Kier molecular flexibility index (Phi) is 5.34. The molecule has 0 aliphatic heterocycles. The fraction of sp³-hybridized carbons (Fsp3) is 0.389. The third-order valence-corrected chi connectivity index (χ3v) is 3.15. The van der Waals surface area contributed by atoms with E-state index >= 15 is 0 Å². The molecular weight excluding hydrogens is 260 g/mol. The largest absolute Gasteiger partial charge is 0.493 e. The van der Waals surface area contributed by atoms with Gasteiger partial charge in [-0.15, -0.1) is 0 Å². The lowest BCUT2D eigenvalue weighted by atomic mass is 10.1. The minimum absolute atomic E-state index is 0.100. The monoisotopic (exact) mass is 284 g/mol. The summed E-state index contributed by atoms with van der Waals surface area (Å²) >= 11 is 0. The molecule has 0 saturated heterocycles. The number of ether oxygens (including phenoxy) is 1. The molecule has 1 heterocycles. The molecule has 0 atom stereocenters. The van der Waals surface area contributed by atoms with Crippen LogP contribution in [0.15, 0.2) is 48.8 Å².